The largest absolute Gasteiger partial charge is 0.478 e. The van der Waals surface area contributed by atoms with Crippen molar-refractivity contribution < 1.29 is 9.90 Å². The molecule has 0 unspecified atom stereocenters. The lowest BCUT2D eigenvalue weighted by atomic mass is 10.5. The van der Waals surface area contributed by atoms with Crippen molar-refractivity contribution >= 4 is 11.9 Å². The summed E-state index contributed by atoms with van der Waals surface area (Å²) in [5.74, 6) is -1.18. The van der Waals surface area contributed by atoms with Crippen LogP contribution in [0.4, 0.5) is 0 Å². The van der Waals surface area contributed by atoms with Gasteiger partial charge in [-0.15, -0.1) is 0 Å². The molecule has 0 aromatic rings. The highest BCUT2D eigenvalue weighted by molar-refractivity contribution is 5.80. The van der Waals surface area contributed by atoms with Crippen LogP contribution >= 0.6 is 0 Å². The van der Waals surface area contributed by atoms with E-state index in [1.165, 1.54) is 6.08 Å². The smallest absolute Gasteiger partial charge is 0.328 e. The van der Waals surface area contributed by atoms with E-state index < -0.39 is 5.97 Å². The third-order valence-electron chi connectivity index (χ3n) is 0.671. The number of carboxylic acid groups (broad SMARTS) is 1. The Kier molecular flexibility index (Phi) is 3.70. The number of hydrogen-bond acceptors (Lipinski definition) is 2. The Bertz CT molecular complexity index is 164. The molecular weight excluding hydrogens is 134 g/mol. The predicted molar refractivity (Wildman–Crippen MR) is 36.7 cm³/mol. The fourth-order valence-electron chi connectivity index (χ4n) is 0.329. The number of rotatable bonds is 3. The van der Waals surface area contributed by atoms with Gasteiger partial charge in [-0.05, 0) is 0 Å². The van der Waals surface area contributed by atoms with E-state index in [0.29, 0.717) is 0 Å². The first-order valence-electron chi connectivity index (χ1n) is 2.60. The molecule has 0 aliphatic carbocycles. The van der Waals surface area contributed by atoms with Gasteiger partial charge in [0.15, 0.2) is 5.96 Å². The third-order valence-corrected chi connectivity index (χ3v) is 0.671. The zero-order valence-electron chi connectivity index (χ0n) is 5.29. The number of nitrogens with two attached hydrogens (primary N) is 1. The standard InChI is InChI=1S/C5H9N3O2/c6-5(7)8-3-1-2-4(9)10/h1-2H,3H2,(H,9,10)(H4,6,7,8). The van der Waals surface area contributed by atoms with E-state index >= 15 is 0 Å². The Morgan fingerprint density at radius 3 is 2.80 bits per heavy atom. The molecule has 0 saturated carbocycles. The van der Waals surface area contributed by atoms with Crippen molar-refractivity contribution in [3.05, 3.63) is 12.2 Å². The summed E-state index contributed by atoms with van der Waals surface area (Å²) in [5.41, 5.74) is 4.90. The minimum absolute atomic E-state index is 0.171. The molecule has 0 bridgehead atoms. The molecular formula is C5H9N3O2. The van der Waals surface area contributed by atoms with E-state index in [-0.39, 0.29) is 12.5 Å². The molecule has 56 valence electrons. The maximum absolute atomic E-state index is 9.84. The Morgan fingerprint density at radius 1 is 1.80 bits per heavy atom. The van der Waals surface area contributed by atoms with E-state index in [1.54, 1.807) is 0 Å². The van der Waals surface area contributed by atoms with Gasteiger partial charge >= 0.3 is 5.97 Å². The fourth-order valence-corrected chi connectivity index (χ4v) is 0.329. The molecule has 0 heterocycles. The number of guanidine groups is 1. The van der Waals surface area contributed by atoms with Gasteiger partial charge in [0.1, 0.15) is 0 Å². The molecule has 0 rings (SSSR count). The molecule has 0 aromatic heterocycles. The van der Waals surface area contributed by atoms with Crippen molar-refractivity contribution in [2.45, 2.75) is 0 Å². The SMILES string of the molecule is N=C(N)NCC=CC(=O)O. The van der Waals surface area contributed by atoms with Crippen LogP contribution in [0, 0.1) is 5.41 Å². The van der Waals surface area contributed by atoms with E-state index in [9.17, 15) is 4.79 Å². The summed E-state index contributed by atoms with van der Waals surface area (Å²) in [7, 11) is 0. The van der Waals surface area contributed by atoms with Crippen LogP contribution in [0.2, 0.25) is 0 Å². The average molecular weight is 143 g/mol. The van der Waals surface area contributed by atoms with Crippen LogP contribution in [-0.4, -0.2) is 23.6 Å². The number of nitrogens with one attached hydrogen (secondary N) is 2. The highest BCUT2D eigenvalue weighted by Crippen LogP contribution is 1.69. The summed E-state index contributed by atoms with van der Waals surface area (Å²) >= 11 is 0. The normalized spacial score (nSPS) is 9.60. The van der Waals surface area contributed by atoms with Crippen LogP contribution in [0.25, 0.3) is 0 Å². The molecule has 0 spiro atoms. The maximum atomic E-state index is 9.84. The number of hydrogen-bond donors (Lipinski definition) is 4. The first-order valence-corrected chi connectivity index (χ1v) is 2.60. The lowest BCUT2D eigenvalue weighted by molar-refractivity contribution is -0.131. The van der Waals surface area contributed by atoms with E-state index in [0.717, 1.165) is 6.08 Å². The topological polar surface area (TPSA) is 99.2 Å². The van der Waals surface area contributed by atoms with Crippen LogP contribution in [0.5, 0.6) is 0 Å². The number of aliphatic carboxylic acids is 1. The quantitative estimate of drug-likeness (QED) is 0.234. The lowest BCUT2D eigenvalue weighted by Gasteiger charge is -1.95. The molecule has 5 heteroatoms. The van der Waals surface area contributed by atoms with Crippen molar-refractivity contribution in [3.8, 4) is 0 Å². The van der Waals surface area contributed by atoms with E-state index in [4.69, 9.17) is 16.2 Å². The van der Waals surface area contributed by atoms with E-state index in [1.807, 2.05) is 0 Å². The molecule has 5 N–H and O–H groups in total. The first-order chi connectivity index (χ1) is 4.63. The van der Waals surface area contributed by atoms with Gasteiger partial charge in [0.25, 0.3) is 0 Å². The second-order valence-electron chi connectivity index (χ2n) is 1.54. The summed E-state index contributed by atoms with van der Waals surface area (Å²) in [6.07, 6.45) is 2.35. The van der Waals surface area contributed by atoms with Gasteiger partial charge in [0.2, 0.25) is 0 Å². The van der Waals surface area contributed by atoms with Crippen molar-refractivity contribution in [3.63, 3.8) is 0 Å². The fraction of sp³-hybridized carbons (Fsp3) is 0.200. The summed E-state index contributed by atoms with van der Waals surface area (Å²) in [4.78, 5) is 9.84. The van der Waals surface area contributed by atoms with Crippen molar-refractivity contribution in [1.29, 1.82) is 5.41 Å². The highest BCUT2D eigenvalue weighted by atomic mass is 16.4. The van der Waals surface area contributed by atoms with Crippen molar-refractivity contribution in [1.82, 2.24) is 5.32 Å². The van der Waals surface area contributed by atoms with Gasteiger partial charge in [-0.1, -0.05) is 6.08 Å². The summed E-state index contributed by atoms with van der Waals surface area (Å²) in [5, 5.41) is 17.2. The molecule has 0 aliphatic rings. The first kappa shape index (κ1) is 8.48. The number of carboxylic acids is 1. The third kappa shape index (κ3) is 6.48. The zero-order chi connectivity index (χ0) is 7.98. The molecule has 5 nitrogen and oxygen atoms in total. The Hall–Kier alpha value is -1.52. The monoisotopic (exact) mass is 143 g/mol. The molecule has 0 aromatic carbocycles. The Morgan fingerprint density at radius 2 is 2.40 bits per heavy atom. The maximum Gasteiger partial charge on any atom is 0.328 e. The Balaban J connectivity index is 3.36. The van der Waals surface area contributed by atoms with Crippen molar-refractivity contribution in [2.75, 3.05) is 6.54 Å². The molecule has 0 fully saturated rings. The van der Waals surface area contributed by atoms with Crippen LogP contribution in [0.15, 0.2) is 12.2 Å². The van der Waals surface area contributed by atoms with Gasteiger partial charge < -0.3 is 16.2 Å². The van der Waals surface area contributed by atoms with Gasteiger partial charge in [-0.25, -0.2) is 4.79 Å². The van der Waals surface area contributed by atoms with Crippen molar-refractivity contribution in [2.24, 2.45) is 5.73 Å². The minimum atomic E-state index is -1.01. The van der Waals surface area contributed by atoms with Crippen LogP contribution in [0.1, 0.15) is 0 Å². The summed E-state index contributed by atoms with van der Waals surface area (Å²) in [6.45, 7) is 0.266. The van der Waals surface area contributed by atoms with Gasteiger partial charge in [0.05, 0.1) is 0 Å². The molecule has 0 atom stereocenters. The van der Waals surface area contributed by atoms with Crippen LogP contribution < -0.4 is 11.1 Å². The highest BCUT2D eigenvalue weighted by Gasteiger charge is 1.84. The van der Waals surface area contributed by atoms with Crippen LogP contribution in [-0.2, 0) is 4.79 Å². The average Bonchev–Trinajstić information content (AvgIpc) is 1.79. The van der Waals surface area contributed by atoms with Gasteiger partial charge in [0, 0.05) is 12.6 Å². The molecule has 0 saturated heterocycles. The summed E-state index contributed by atoms with van der Waals surface area (Å²) < 4.78 is 0. The second kappa shape index (κ2) is 4.37. The molecule has 10 heavy (non-hydrogen) atoms. The van der Waals surface area contributed by atoms with E-state index in [2.05, 4.69) is 5.32 Å². The van der Waals surface area contributed by atoms with Crippen LogP contribution in [0.3, 0.4) is 0 Å². The molecule has 0 amide bonds. The molecule has 0 aliphatic heterocycles. The molecule has 0 radical (unpaired) electrons. The van der Waals surface area contributed by atoms with Gasteiger partial charge in [-0.2, -0.15) is 0 Å². The summed E-state index contributed by atoms with van der Waals surface area (Å²) in [6, 6.07) is 0. The predicted octanol–water partition coefficient (Wildman–Crippen LogP) is -0.890. The lowest BCUT2D eigenvalue weighted by Crippen LogP contribution is -2.30. The number of carbonyl (C=O) groups is 1. The minimum Gasteiger partial charge on any atom is -0.478 e. The van der Waals surface area contributed by atoms with Gasteiger partial charge in [-0.3, -0.25) is 5.41 Å². The zero-order valence-corrected chi connectivity index (χ0v) is 5.29. The second-order valence-corrected chi connectivity index (χ2v) is 1.54. The Labute approximate surface area is 58.0 Å².